The first-order chi connectivity index (χ1) is 33.0. The standard InChI is InChI=1S/C65H45NS/c1-65(2)60-40-48(58-39-47-16-6-7-17-51(47)53-19-8-9-20-54(53)58)30-35-55(60)56-36-34-50(41-61(56)65)66(62-22-12-10-18-52(62)45-26-24-43(25-27-45)42-14-4-3-5-15-42)49-32-28-44(29-33-49)46-31-37-64-59(38-46)57-21-11-13-23-63(57)67-64/h3-41H,1-2H3. The molecule has 11 aromatic carbocycles. The molecule has 0 atom stereocenters. The van der Waals surface area contributed by atoms with Crippen molar-refractivity contribution in [3.8, 4) is 55.6 Å². The van der Waals surface area contributed by atoms with E-state index >= 15 is 0 Å². The van der Waals surface area contributed by atoms with Gasteiger partial charge in [0.2, 0.25) is 0 Å². The molecule has 316 valence electrons. The maximum absolute atomic E-state index is 2.46. The van der Waals surface area contributed by atoms with Crippen LogP contribution in [-0.4, -0.2) is 0 Å². The summed E-state index contributed by atoms with van der Waals surface area (Å²) in [5.41, 5.74) is 18.2. The molecule has 1 nitrogen and oxygen atoms in total. The summed E-state index contributed by atoms with van der Waals surface area (Å²) in [5, 5.41) is 7.77. The summed E-state index contributed by atoms with van der Waals surface area (Å²) in [6.07, 6.45) is 0. The van der Waals surface area contributed by atoms with E-state index in [1.54, 1.807) is 0 Å². The molecule has 2 heteroatoms. The van der Waals surface area contributed by atoms with Gasteiger partial charge in [0.1, 0.15) is 0 Å². The maximum Gasteiger partial charge on any atom is 0.0540 e. The van der Waals surface area contributed by atoms with Crippen molar-refractivity contribution in [2.24, 2.45) is 0 Å². The number of rotatable bonds is 7. The van der Waals surface area contributed by atoms with Gasteiger partial charge in [0.25, 0.3) is 0 Å². The minimum absolute atomic E-state index is 0.240. The van der Waals surface area contributed by atoms with Gasteiger partial charge in [-0.25, -0.2) is 0 Å². The molecule has 67 heavy (non-hydrogen) atoms. The molecule has 0 unspecified atom stereocenters. The van der Waals surface area contributed by atoms with Gasteiger partial charge in [-0.2, -0.15) is 0 Å². The molecule has 12 aromatic rings. The highest BCUT2D eigenvalue weighted by Gasteiger charge is 2.36. The summed E-state index contributed by atoms with van der Waals surface area (Å²) >= 11 is 1.86. The first kappa shape index (κ1) is 39.3. The van der Waals surface area contributed by atoms with Gasteiger partial charge in [0, 0.05) is 42.5 Å². The molecule has 0 amide bonds. The molecule has 0 N–H and O–H groups in total. The number of benzene rings is 11. The lowest BCUT2D eigenvalue weighted by atomic mass is 9.81. The molecule has 0 saturated heterocycles. The summed E-state index contributed by atoms with van der Waals surface area (Å²) < 4.78 is 2.65. The van der Waals surface area contributed by atoms with Crippen molar-refractivity contribution in [2.75, 3.05) is 4.90 Å². The number of fused-ring (bicyclic) bond motifs is 9. The Morgan fingerprint density at radius 3 is 1.69 bits per heavy atom. The van der Waals surface area contributed by atoms with Crippen molar-refractivity contribution in [1.82, 2.24) is 0 Å². The second-order valence-corrected chi connectivity index (χ2v) is 19.5. The molecule has 0 aliphatic heterocycles. The van der Waals surface area contributed by atoms with E-state index in [9.17, 15) is 0 Å². The van der Waals surface area contributed by atoms with Crippen LogP contribution in [-0.2, 0) is 5.41 Å². The first-order valence-corrected chi connectivity index (χ1v) is 24.0. The highest BCUT2D eigenvalue weighted by molar-refractivity contribution is 7.25. The first-order valence-electron chi connectivity index (χ1n) is 23.2. The smallest absolute Gasteiger partial charge is 0.0540 e. The molecule has 1 aliphatic rings. The fourth-order valence-corrected chi connectivity index (χ4v) is 11.9. The Hall–Kier alpha value is -8.04. The molecule has 0 fully saturated rings. The van der Waals surface area contributed by atoms with E-state index < -0.39 is 0 Å². The molecule has 0 saturated carbocycles. The SMILES string of the molecule is CC1(C)c2cc(-c3cc4ccccc4c4ccccc34)ccc2-c2ccc(N(c3ccc(-c4ccc5sc6ccccc6c5c4)cc3)c3ccccc3-c3ccc(-c4ccccc4)cc3)cc21. The van der Waals surface area contributed by atoms with Crippen LogP contribution in [0, 0.1) is 0 Å². The second kappa shape index (κ2) is 15.6. The van der Waals surface area contributed by atoms with Gasteiger partial charge < -0.3 is 4.90 Å². The number of nitrogens with zero attached hydrogens (tertiary/aromatic N) is 1. The van der Waals surface area contributed by atoms with Crippen LogP contribution in [0.15, 0.2) is 237 Å². The molecule has 1 aromatic heterocycles. The number of hydrogen-bond donors (Lipinski definition) is 0. The number of hydrogen-bond acceptors (Lipinski definition) is 2. The van der Waals surface area contributed by atoms with Crippen LogP contribution in [0.25, 0.3) is 97.4 Å². The van der Waals surface area contributed by atoms with Crippen LogP contribution in [0.4, 0.5) is 17.1 Å². The van der Waals surface area contributed by atoms with Crippen molar-refractivity contribution in [1.29, 1.82) is 0 Å². The molecular weight excluding hydrogens is 827 g/mol. The Balaban J connectivity index is 0.929. The quantitative estimate of drug-likeness (QED) is 0.144. The molecule has 1 aliphatic carbocycles. The molecular formula is C65H45NS. The zero-order valence-electron chi connectivity index (χ0n) is 37.4. The monoisotopic (exact) mass is 871 g/mol. The lowest BCUT2D eigenvalue weighted by molar-refractivity contribution is 0.660. The van der Waals surface area contributed by atoms with Gasteiger partial charge in [0.05, 0.1) is 5.69 Å². The largest absolute Gasteiger partial charge is 0.310 e. The highest BCUT2D eigenvalue weighted by atomic mass is 32.1. The third-order valence-electron chi connectivity index (χ3n) is 14.3. The van der Waals surface area contributed by atoms with Crippen LogP contribution in [0.1, 0.15) is 25.0 Å². The topological polar surface area (TPSA) is 3.24 Å². The van der Waals surface area contributed by atoms with Crippen molar-refractivity contribution < 1.29 is 0 Å². The average Bonchev–Trinajstić information content (AvgIpc) is 3.87. The van der Waals surface area contributed by atoms with Crippen LogP contribution < -0.4 is 4.90 Å². The lowest BCUT2D eigenvalue weighted by Crippen LogP contribution is -2.17. The predicted molar refractivity (Wildman–Crippen MR) is 288 cm³/mol. The molecule has 13 rings (SSSR count). The van der Waals surface area contributed by atoms with Crippen molar-refractivity contribution in [3.05, 3.63) is 248 Å². The van der Waals surface area contributed by atoms with Gasteiger partial charge >= 0.3 is 0 Å². The van der Waals surface area contributed by atoms with Crippen LogP contribution in [0.3, 0.4) is 0 Å². The van der Waals surface area contributed by atoms with Crippen LogP contribution in [0.2, 0.25) is 0 Å². The summed E-state index contributed by atoms with van der Waals surface area (Å²) in [7, 11) is 0. The van der Waals surface area contributed by atoms with Crippen LogP contribution >= 0.6 is 11.3 Å². The van der Waals surface area contributed by atoms with Gasteiger partial charge in [-0.15, -0.1) is 11.3 Å². The zero-order chi connectivity index (χ0) is 44.6. The van der Waals surface area contributed by atoms with E-state index in [0.717, 1.165) is 17.1 Å². The van der Waals surface area contributed by atoms with Crippen LogP contribution in [0.5, 0.6) is 0 Å². The zero-order valence-corrected chi connectivity index (χ0v) is 38.2. The summed E-state index contributed by atoms with van der Waals surface area (Å²) in [6, 6.07) is 87.7. The Bertz CT molecular complexity index is 3880. The second-order valence-electron chi connectivity index (χ2n) is 18.5. The molecule has 0 bridgehead atoms. The minimum atomic E-state index is -0.240. The van der Waals surface area contributed by atoms with Gasteiger partial charge in [-0.1, -0.05) is 190 Å². The molecule has 0 radical (unpaired) electrons. The van der Waals surface area contributed by atoms with E-state index in [-0.39, 0.29) is 5.41 Å². The van der Waals surface area contributed by atoms with Crippen molar-refractivity contribution in [3.63, 3.8) is 0 Å². The van der Waals surface area contributed by atoms with Crippen molar-refractivity contribution >= 4 is 70.1 Å². The average molecular weight is 872 g/mol. The Kier molecular flexibility index (Phi) is 9.13. The Morgan fingerprint density at radius 1 is 0.313 bits per heavy atom. The number of para-hydroxylation sites is 1. The summed E-state index contributed by atoms with van der Waals surface area (Å²) in [6.45, 7) is 4.80. The fourth-order valence-electron chi connectivity index (χ4n) is 10.8. The van der Waals surface area contributed by atoms with E-state index in [1.807, 2.05) is 11.3 Å². The van der Waals surface area contributed by atoms with E-state index in [1.165, 1.54) is 108 Å². The lowest BCUT2D eigenvalue weighted by Gasteiger charge is -2.30. The predicted octanol–water partition coefficient (Wildman–Crippen LogP) is 18.8. The van der Waals surface area contributed by atoms with Gasteiger partial charge in [0.15, 0.2) is 0 Å². The normalized spacial score (nSPS) is 12.7. The van der Waals surface area contributed by atoms with E-state index in [0.29, 0.717) is 0 Å². The Labute approximate surface area is 395 Å². The minimum Gasteiger partial charge on any atom is -0.310 e. The number of anilines is 3. The maximum atomic E-state index is 2.46. The Morgan fingerprint density at radius 2 is 0.866 bits per heavy atom. The third kappa shape index (κ3) is 6.51. The third-order valence-corrected chi connectivity index (χ3v) is 15.4. The molecule has 1 heterocycles. The van der Waals surface area contributed by atoms with Gasteiger partial charge in [-0.05, 0) is 143 Å². The highest BCUT2D eigenvalue weighted by Crippen LogP contribution is 2.53. The van der Waals surface area contributed by atoms with Gasteiger partial charge in [-0.3, -0.25) is 0 Å². The summed E-state index contributed by atoms with van der Waals surface area (Å²) in [4.78, 5) is 2.46. The molecule has 0 spiro atoms. The number of thiophene rings is 1. The van der Waals surface area contributed by atoms with E-state index in [4.69, 9.17) is 0 Å². The van der Waals surface area contributed by atoms with Crippen molar-refractivity contribution in [2.45, 2.75) is 19.3 Å². The fraction of sp³-hybridized carbons (Fsp3) is 0.0462. The van der Waals surface area contributed by atoms with E-state index in [2.05, 4.69) is 255 Å². The summed E-state index contributed by atoms with van der Waals surface area (Å²) in [5.74, 6) is 0.